The average molecular weight is 453 g/mol. The molecule has 0 aliphatic heterocycles. The minimum atomic E-state index is -0.241. The van der Waals surface area contributed by atoms with Crippen LogP contribution in [0, 0.1) is 0 Å². The van der Waals surface area contributed by atoms with Gasteiger partial charge in [-0.15, -0.1) is 11.8 Å². The van der Waals surface area contributed by atoms with Gasteiger partial charge in [0.05, 0.1) is 16.8 Å². The second kappa shape index (κ2) is 11.2. The molecule has 0 unspecified atom stereocenters. The van der Waals surface area contributed by atoms with Gasteiger partial charge in [-0.05, 0) is 35.4 Å². The van der Waals surface area contributed by atoms with Crippen molar-refractivity contribution in [2.24, 2.45) is 0 Å². The molecule has 0 spiro atoms. The van der Waals surface area contributed by atoms with Gasteiger partial charge in [0.25, 0.3) is 11.8 Å². The van der Waals surface area contributed by atoms with Gasteiger partial charge < -0.3 is 10.6 Å². The summed E-state index contributed by atoms with van der Waals surface area (Å²) in [6.07, 6.45) is 0. The fourth-order valence-corrected chi connectivity index (χ4v) is 4.37. The summed E-state index contributed by atoms with van der Waals surface area (Å²) in [4.78, 5) is 26.9. The molecule has 0 radical (unpaired) electrons. The van der Waals surface area contributed by atoms with Crippen LogP contribution in [0.15, 0.2) is 114 Å². The Morgan fingerprint density at radius 2 is 1.18 bits per heavy atom. The number of hydrogen-bond donors (Lipinski definition) is 2. The van der Waals surface area contributed by atoms with Gasteiger partial charge in [-0.1, -0.05) is 84.9 Å². The van der Waals surface area contributed by atoms with Crippen LogP contribution in [0.5, 0.6) is 0 Å². The van der Waals surface area contributed by atoms with Crippen LogP contribution in [-0.4, -0.2) is 11.8 Å². The number of thioether (sulfide) groups is 1. The van der Waals surface area contributed by atoms with Crippen molar-refractivity contribution in [3.05, 3.63) is 131 Å². The highest BCUT2D eigenvalue weighted by Crippen LogP contribution is 2.27. The lowest BCUT2D eigenvalue weighted by Gasteiger charge is -2.13. The van der Waals surface area contributed by atoms with Crippen LogP contribution in [0.2, 0.25) is 0 Å². The number of para-hydroxylation sites is 1. The molecule has 33 heavy (non-hydrogen) atoms. The first kappa shape index (κ1) is 22.4. The third-order valence-electron chi connectivity index (χ3n) is 5.08. The minimum Gasteiger partial charge on any atom is -0.348 e. The van der Waals surface area contributed by atoms with Crippen molar-refractivity contribution < 1.29 is 9.59 Å². The van der Waals surface area contributed by atoms with Crippen molar-refractivity contribution >= 4 is 29.3 Å². The molecule has 0 aliphatic rings. The Labute approximate surface area is 198 Å². The van der Waals surface area contributed by atoms with Gasteiger partial charge in [0.15, 0.2) is 0 Å². The summed E-state index contributed by atoms with van der Waals surface area (Å²) in [5, 5.41) is 5.86. The summed E-state index contributed by atoms with van der Waals surface area (Å²) in [7, 11) is 0. The highest BCUT2D eigenvalue weighted by Gasteiger charge is 2.16. The van der Waals surface area contributed by atoms with E-state index in [-0.39, 0.29) is 11.8 Å². The van der Waals surface area contributed by atoms with E-state index in [4.69, 9.17) is 0 Å². The summed E-state index contributed by atoms with van der Waals surface area (Å²) in [5.41, 5.74) is 3.69. The van der Waals surface area contributed by atoms with Gasteiger partial charge in [0.2, 0.25) is 0 Å². The molecule has 0 atom stereocenters. The zero-order valence-corrected chi connectivity index (χ0v) is 18.8. The lowest BCUT2D eigenvalue weighted by Crippen LogP contribution is -2.25. The first-order valence-electron chi connectivity index (χ1n) is 10.7. The maximum Gasteiger partial charge on any atom is 0.256 e. The number of anilines is 1. The maximum atomic E-state index is 13.1. The molecule has 164 valence electrons. The molecule has 0 bridgehead atoms. The van der Waals surface area contributed by atoms with Crippen molar-refractivity contribution in [1.82, 2.24) is 5.32 Å². The van der Waals surface area contributed by atoms with E-state index in [1.54, 1.807) is 42.1 Å². The van der Waals surface area contributed by atoms with Gasteiger partial charge in [0, 0.05) is 17.2 Å². The van der Waals surface area contributed by atoms with Crippen molar-refractivity contribution in [3.8, 4) is 0 Å². The quantitative estimate of drug-likeness (QED) is 0.315. The molecule has 2 N–H and O–H groups in total. The number of rotatable bonds is 8. The zero-order chi connectivity index (χ0) is 22.9. The van der Waals surface area contributed by atoms with Crippen LogP contribution in [0.3, 0.4) is 0 Å². The summed E-state index contributed by atoms with van der Waals surface area (Å²) in [6, 6.07) is 34.4. The number of amides is 2. The Bertz CT molecular complexity index is 1230. The molecule has 0 fully saturated rings. The summed E-state index contributed by atoms with van der Waals surface area (Å²) < 4.78 is 0. The predicted molar refractivity (Wildman–Crippen MR) is 134 cm³/mol. The number of nitrogens with one attached hydrogen (secondary N) is 2. The molecule has 2 amide bonds. The second-order valence-electron chi connectivity index (χ2n) is 7.44. The lowest BCUT2D eigenvalue weighted by molar-refractivity contribution is 0.0952. The predicted octanol–water partition coefficient (Wildman–Crippen LogP) is 6.16. The molecular formula is C28H24N2O2S. The molecule has 5 heteroatoms. The van der Waals surface area contributed by atoms with Crippen molar-refractivity contribution in [1.29, 1.82) is 0 Å². The Morgan fingerprint density at radius 3 is 1.91 bits per heavy atom. The monoisotopic (exact) mass is 452 g/mol. The Balaban J connectivity index is 1.46. The first-order chi connectivity index (χ1) is 16.2. The van der Waals surface area contributed by atoms with E-state index in [0.717, 1.165) is 16.2 Å². The van der Waals surface area contributed by atoms with E-state index in [0.29, 0.717) is 23.4 Å². The Hall–Kier alpha value is -3.83. The zero-order valence-electron chi connectivity index (χ0n) is 18.0. The van der Waals surface area contributed by atoms with E-state index in [1.807, 2.05) is 66.7 Å². The van der Waals surface area contributed by atoms with Crippen LogP contribution in [0.4, 0.5) is 5.69 Å². The molecule has 4 aromatic carbocycles. The van der Waals surface area contributed by atoms with E-state index < -0.39 is 0 Å². The maximum absolute atomic E-state index is 13.1. The molecule has 0 heterocycles. The number of benzene rings is 4. The Morgan fingerprint density at radius 1 is 0.606 bits per heavy atom. The number of hydrogen-bond acceptors (Lipinski definition) is 3. The minimum absolute atomic E-state index is 0.235. The number of carbonyl (C=O) groups is 2. The fraction of sp³-hybridized carbons (Fsp3) is 0.0714. The Kier molecular flexibility index (Phi) is 7.56. The van der Waals surface area contributed by atoms with Gasteiger partial charge in [-0.2, -0.15) is 0 Å². The van der Waals surface area contributed by atoms with E-state index in [9.17, 15) is 9.59 Å². The first-order valence-corrected chi connectivity index (χ1v) is 11.7. The molecule has 0 saturated heterocycles. The van der Waals surface area contributed by atoms with Crippen molar-refractivity contribution in [2.45, 2.75) is 17.2 Å². The summed E-state index contributed by atoms with van der Waals surface area (Å²) in [5.74, 6) is 0.292. The van der Waals surface area contributed by atoms with Gasteiger partial charge in [-0.3, -0.25) is 9.59 Å². The van der Waals surface area contributed by atoms with Gasteiger partial charge in [0.1, 0.15) is 0 Å². The van der Waals surface area contributed by atoms with Crippen LogP contribution >= 0.6 is 11.8 Å². The van der Waals surface area contributed by atoms with E-state index >= 15 is 0 Å². The van der Waals surface area contributed by atoms with Crippen LogP contribution in [-0.2, 0) is 12.3 Å². The lowest BCUT2D eigenvalue weighted by atomic mass is 10.1. The molecule has 4 aromatic rings. The van der Waals surface area contributed by atoms with Crippen LogP contribution < -0.4 is 10.6 Å². The highest BCUT2D eigenvalue weighted by atomic mass is 32.2. The normalized spacial score (nSPS) is 10.4. The van der Waals surface area contributed by atoms with Gasteiger partial charge >= 0.3 is 0 Å². The van der Waals surface area contributed by atoms with Crippen molar-refractivity contribution in [3.63, 3.8) is 0 Å². The highest BCUT2D eigenvalue weighted by molar-refractivity contribution is 7.98. The van der Waals surface area contributed by atoms with Crippen LogP contribution in [0.25, 0.3) is 0 Å². The summed E-state index contributed by atoms with van der Waals surface area (Å²) >= 11 is 1.62. The van der Waals surface area contributed by atoms with E-state index in [2.05, 4.69) is 22.8 Å². The standard InChI is InChI=1S/C28H24N2O2S/c31-27(29-19-21-11-3-1-4-12-21)23-15-7-9-17-25(23)30-28(32)24-16-8-10-18-26(24)33-20-22-13-5-2-6-14-22/h1-18H,19-20H2,(H,29,31)(H,30,32). The fourth-order valence-electron chi connectivity index (χ4n) is 3.37. The van der Waals surface area contributed by atoms with Gasteiger partial charge in [-0.25, -0.2) is 0 Å². The largest absolute Gasteiger partial charge is 0.348 e. The average Bonchev–Trinajstić information content (AvgIpc) is 2.88. The molecule has 4 nitrogen and oxygen atoms in total. The third kappa shape index (κ3) is 6.11. The van der Waals surface area contributed by atoms with Crippen LogP contribution in [0.1, 0.15) is 31.8 Å². The van der Waals surface area contributed by atoms with Crippen molar-refractivity contribution in [2.75, 3.05) is 5.32 Å². The molecule has 0 aliphatic carbocycles. The molecule has 4 rings (SSSR count). The molecular weight excluding hydrogens is 428 g/mol. The van der Waals surface area contributed by atoms with E-state index in [1.165, 1.54) is 5.56 Å². The second-order valence-corrected chi connectivity index (χ2v) is 8.46. The third-order valence-corrected chi connectivity index (χ3v) is 6.23. The molecule has 0 aromatic heterocycles. The summed E-state index contributed by atoms with van der Waals surface area (Å²) in [6.45, 7) is 0.418. The topological polar surface area (TPSA) is 58.2 Å². The number of carbonyl (C=O) groups excluding carboxylic acids is 2. The molecule has 0 saturated carbocycles. The SMILES string of the molecule is O=C(NCc1ccccc1)c1ccccc1NC(=O)c1ccccc1SCc1ccccc1. The smallest absolute Gasteiger partial charge is 0.256 e.